The molecule has 26 heavy (non-hydrogen) atoms. The highest BCUT2D eigenvalue weighted by molar-refractivity contribution is 5.89. The lowest BCUT2D eigenvalue weighted by Gasteiger charge is -2.22. The zero-order valence-electron chi connectivity index (χ0n) is 15.3. The zero-order valence-corrected chi connectivity index (χ0v) is 15.3. The SMILES string of the molecule is C=CCOc1c(N)c(C)c(Oc2c(N)c(C)c(N)c(C)c2N)c(N)c1N. The molecular weight excluding hydrogens is 332 g/mol. The highest BCUT2D eigenvalue weighted by atomic mass is 16.5. The summed E-state index contributed by atoms with van der Waals surface area (Å²) >= 11 is 0. The normalized spacial score (nSPS) is 10.6. The van der Waals surface area contributed by atoms with Crippen molar-refractivity contribution in [3.05, 3.63) is 29.3 Å². The molecule has 0 unspecified atom stereocenters. The molecule has 0 amide bonds. The molecule has 0 aliphatic carbocycles. The quantitative estimate of drug-likeness (QED) is 0.349. The highest BCUT2D eigenvalue weighted by Crippen LogP contribution is 2.49. The summed E-state index contributed by atoms with van der Waals surface area (Å²) in [4.78, 5) is 0. The molecule has 0 aromatic heterocycles. The zero-order chi connectivity index (χ0) is 19.8. The third-order valence-electron chi connectivity index (χ3n) is 4.42. The van der Waals surface area contributed by atoms with Gasteiger partial charge in [-0.3, -0.25) is 0 Å². The molecule has 0 spiro atoms. The summed E-state index contributed by atoms with van der Waals surface area (Å²) in [5, 5.41) is 0. The molecule has 8 nitrogen and oxygen atoms in total. The minimum absolute atomic E-state index is 0.172. The van der Waals surface area contributed by atoms with E-state index in [1.165, 1.54) is 0 Å². The molecule has 0 fully saturated rings. The van der Waals surface area contributed by atoms with E-state index in [9.17, 15) is 0 Å². The Morgan fingerprint density at radius 3 is 1.62 bits per heavy atom. The van der Waals surface area contributed by atoms with E-state index in [2.05, 4.69) is 6.58 Å². The van der Waals surface area contributed by atoms with Crippen molar-refractivity contribution in [3.8, 4) is 17.2 Å². The Labute approximate surface area is 152 Å². The van der Waals surface area contributed by atoms with Gasteiger partial charge in [0, 0.05) is 11.3 Å². The van der Waals surface area contributed by atoms with Gasteiger partial charge < -0.3 is 43.9 Å². The van der Waals surface area contributed by atoms with Crippen molar-refractivity contribution in [3.63, 3.8) is 0 Å². The molecule has 0 saturated carbocycles. The Morgan fingerprint density at radius 2 is 1.12 bits per heavy atom. The van der Waals surface area contributed by atoms with Gasteiger partial charge >= 0.3 is 0 Å². The summed E-state index contributed by atoms with van der Waals surface area (Å²) < 4.78 is 11.5. The Bertz CT molecular complexity index is 834. The number of hydrogen-bond acceptors (Lipinski definition) is 8. The molecule has 0 saturated heterocycles. The molecular formula is C18H26N6O2. The van der Waals surface area contributed by atoms with Gasteiger partial charge in [0.15, 0.2) is 17.2 Å². The van der Waals surface area contributed by atoms with Gasteiger partial charge in [-0.1, -0.05) is 12.7 Å². The van der Waals surface area contributed by atoms with Crippen molar-refractivity contribution in [2.24, 2.45) is 0 Å². The van der Waals surface area contributed by atoms with Crippen LogP contribution in [0.15, 0.2) is 12.7 Å². The topological polar surface area (TPSA) is 175 Å². The Kier molecular flexibility index (Phi) is 4.97. The van der Waals surface area contributed by atoms with Gasteiger partial charge in [0.05, 0.1) is 17.1 Å². The largest absolute Gasteiger partial charge is 0.485 e. The first-order valence-electron chi connectivity index (χ1n) is 7.95. The van der Waals surface area contributed by atoms with Gasteiger partial charge in [0.25, 0.3) is 0 Å². The van der Waals surface area contributed by atoms with E-state index >= 15 is 0 Å². The lowest BCUT2D eigenvalue weighted by Crippen LogP contribution is -2.10. The molecule has 0 aliphatic heterocycles. The first-order chi connectivity index (χ1) is 12.1. The first-order valence-corrected chi connectivity index (χ1v) is 7.95. The molecule has 2 aromatic carbocycles. The van der Waals surface area contributed by atoms with E-state index < -0.39 is 0 Å². The fourth-order valence-corrected chi connectivity index (χ4v) is 2.58. The Hall–Kier alpha value is -3.42. The van der Waals surface area contributed by atoms with Crippen LogP contribution in [0.25, 0.3) is 0 Å². The molecule has 12 N–H and O–H groups in total. The summed E-state index contributed by atoms with van der Waals surface area (Å²) in [7, 11) is 0. The van der Waals surface area contributed by atoms with Crippen molar-refractivity contribution < 1.29 is 9.47 Å². The van der Waals surface area contributed by atoms with Crippen LogP contribution in [0.5, 0.6) is 17.2 Å². The monoisotopic (exact) mass is 358 g/mol. The van der Waals surface area contributed by atoms with Crippen molar-refractivity contribution in [2.45, 2.75) is 20.8 Å². The molecule has 0 aliphatic rings. The standard InChI is InChI=1S/C18H26N6O2/c1-5-6-25-17-13(22)9(4)16(14(23)15(17)24)26-18-11(20)7(2)10(19)8(3)12(18)21/h5H,1,6,19-24H2,2-4H3. The maximum absolute atomic E-state index is 6.16. The minimum Gasteiger partial charge on any atom is -0.485 e. The number of anilines is 6. The fourth-order valence-electron chi connectivity index (χ4n) is 2.58. The van der Waals surface area contributed by atoms with Gasteiger partial charge in [-0.15, -0.1) is 0 Å². The van der Waals surface area contributed by atoms with E-state index in [1.54, 1.807) is 26.8 Å². The predicted octanol–water partition coefficient (Wildman–Crippen LogP) is 2.46. The van der Waals surface area contributed by atoms with Crippen molar-refractivity contribution in [1.29, 1.82) is 0 Å². The van der Waals surface area contributed by atoms with Gasteiger partial charge in [-0.05, 0) is 31.9 Å². The molecule has 140 valence electrons. The van der Waals surface area contributed by atoms with Crippen LogP contribution < -0.4 is 43.9 Å². The van der Waals surface area contributed by atoms with E-state index in [4.69, 9.17) is 43.9 Å². The summed E-state index contributed by atoms with van der Waals surface area (Å²) in [5.74, 6) is 0.827. The number of rotatable bonds is 5. The van der Waals surface area contributed by atoms with Crippen LogP contribution in [-0.2, 0) is 0 Å². The highest BCUT2D eigenvalue weighted by Gasteiger charge is 2.23. The molecule has 0 bridgehead atoms. The van der Waals surface area contributed by atoms with Crippen molar-refractivity contribution in [2.75, 3.05) is 41.0 Å². The molecule has 2 aromatic rings. The number of ether oxygens (including phenoxy) is 2. The smallest absolute Gasteiger partial charge is 0.173 e. The summed E-state index contributed by atoms with van der Waals surface area (Å²) in [6.45, 7) is 9.15. The lowest BCUT2D eigenvalue weighted by atomic mass is 10.0. The first kappa shape index (κ1) is 18.9. The van der Waals surface area contributed by atoms with Gasteiger partial charge in [-0.25, -0.2) is 0 Å². The molecule has 0 radical (unpaired) electrons. The van der Waals surface area contributed by atoms with Crippen molar-refractivity contribution >= 4 is 34.1 Å². The van der Waals surface area contributed by atoms with Crippen LogP contribution in [-0.4, -0.2) is 6.61 Å². The fraction of sp³-hybridized carbons (Fsp3) is 0.222. The third kappa shape index (κ3) is 2.85. The molecule has 8 heteroatoms. The minimum atomic E-state index is 0.172. The van der Waals surface area contributed by atoms with Crippen LogP contribution in [0, 0.1) is 20.8 Å². The second-order valence-corrected chi connectivity index (χ2v) is 6.05. The second-order valence-electron chi connectivity index (χ2n) is 6.05. The summed E-state index contributed by atoms with van der Waals surface area (Å²) in [6.07, 6.45) is 1.58. The third-order valence-corrected chi connectivity index (χ3v) is 4.42. The molecule has 0 heterocycles. The molecule has 0 atom stereocenters. The number of hydrogen-bond donors (Lipinski definition) is 6. The van der Waals surface area contributed by atoms with Crippen LogP contribution in [0.2, 0.25) is 0 Å². The maximum atomic E-state index is 6.16. The molecule has 2 rings (SSSR count). The maximum Gasteiger partial charge on any atom is 0.173 e. The van der Waals surface area contributed by atoms with Gasteiger partial charge in [0.2, 0.25) is 0 Å². The summed E-state index contributed by atoms with van der Waals surface area (Å²) in [5.41, 5.74) is 40.5. The van der Waals surface area contributed by atoms with Crippen LogP contribution >= 0.6 is 0 Å². The van der Waals surface area contributed by atoms with Crippen LogP contribution in [0.3, 0.4) is 0 Å². The van der Waals surface area contributed by atoms with Crippen LogP contribution in [0.4, 0.5) is 34.1 Å². The van der Waals surface area contributed by atoms with E-state index in [0.717, 1.165) is 0 Å². The van der Waals surface area contributed by atoms with Gasteiger partial charge in [-0.2, -0.15) is 0 Å². The number of nitrogen functional groups attached to an aromatic ring is 6. The second kappa shape index (κ2) is 6.83. The number of benzene rings is 2. The van der Waals surface area contributed by atoms with Gasteiger partial charge in [0.1, 0.15) is 18.0 Å². The van der Waals surface area contributed by atoms with E-state index in [0.29, 0.717) is 39.4 Å². The Morgan fingerprint density at radius 1 is 0.654 bits per heavy atom. The Balaban J connectivity index is 2.64. The average molecular weight is 358 g/mol. The van der Waals surface area contributed by atoms with Crippen molar-refractivity contribution in [1.82, 2.24) is 0 Å². The lowest BCUT2D eigenvalue weighted by molar-refractivity contribution is 0.366. The number of nitrogens with two attached hydrogens (primary N) is 6. The average Bonchev–Trinajstić information content (AvgIpc) is 2.62. The summed E-state index contributed by atoms with van der Waals surface area (Å²) in [6, 6.07) is 0. The van der Waals surface area contributed by atoms with E-state index in [1.807, 2.05) is 0 Å². The predicted molar refractivity (Wildman–Crippen MR) is 109 cm³/mol. The van der Waals surface area contributed by atoms with Crippen LogP contribution in [0.1, 0.15) is 16.7 Å². The van der Waals surface area contributed by atoms with E-state index in [-0.39, 0.29) is 35.2 Å².